The van der Waals surface area contributed by atoms with Crippen LogP contribution >= 0.6 is 0 Å². The van der Waals surface area contributed by atoms with Gasteiger partial charge in [-0.15, -0.1) is 0 Å². The molecule has 9 aromatic carbocycles. The fourth-order valence-electron chi connectivity index (χ4n) is 7.17. The summed E-state index contributed by atoms with van der Waals surface area (Å²) in [5.41, 5.74) is 9.88. The van der Waals surface area contributed by atoms with E-state index in [9.17, 15) is 0 Å². The molecular formula is C46H30. The molecule has 0 nitrogen and oxygen atoms in total. The van der Waals surface area contributed by atoms with E-state index in [-0.39, 0.29) is 0 Å². The second kappa shape index (κ2) is 10.9. The van der Waals surface area contributed by atoms with Crippen LogP contribution in [0.25, 0.3) is 87.6 Å². The van der Waals surface area contributed by atoms with Gasteiger partial charge in [-0.2, -0.15) is 0 Å². The van der Waals surface area contributed by atoms with Crippen LogP contribution in [0.2, 0.25) is 0 Å². The molecule has 0 fully saturated rings. The smallest absolute Gasteiger partial charge is 0.00201 e. The molecule has 0 atom stereocenters. The highest BCUT2D eigenvalue weighted by atomic mass is 14.2. The van der Waals surface area contributed by atoms with Crippen LogP contribution in [0.1, 0.15) is 0 Å². The lowest BCUT2D eigenvalue weighted by atomic mass is 9.83. The van der Waals surface area contributed by atoms with Gasteiger partial charge in [0, 0.05) is 0 Å². The van der Waals surface area contributed by atoms with E-state index in [1.54, 1.807) is 0 Å². The quantitative estimate of drug-likeness (QED) is 0.181. The van der Waals surface area contributed by atoms with Crippen molar-refractivity contribution in [2.75, 3.05) is 0 Å². The van der Waals surface area contributed by atoms with Crippen LogP contribution < -0.4 is 0 Å². The molecule has 0 amide bonds. The van der Waals surface area contributed by atoms with Crippen molar-refractivity contribution in [3.05, 3.63) is 182 Å². The van der Waals surface area contributed by atoms with Crippen molar-refractivity contribution in [2.45, 2.75) is 0 Å². The molecule has 0 aliphatic rings. The van der Waals surface area contributed by atoms with Gasteiger partial charge in [0.25, 0.3) is 0 Å². The summed E-state index contributed by atoms with van der Waals surface area (Å²) in [4.78, 5) is 0. The van der Waals surface area contributed by atoms with Gasteiger partial charge in [-0.3, -0.25) is 0 Å². The molecule has 0 aliphatic carbocycles. The lowest BCUT2D eigenvalue weighted by Gasteiger charge is -2.20. The van der Waals surface area contributed by atoms with Crippen molar-refractivity contribution in [3.63, 3.8) is 0 Å². The number of benzene rings is 9. The minimum atomic E-state index is 1.22. The molecule has 0 saturated heterocycles. The standard InChI is InChI=1S/C46H30/c1-2-13-33(14-3-1)45-44-30-39(38-24-22-32-12-5-7-16-35(32)28-38)25-26-42(44)41-19-8-9-20-43(41)46(45)40-18-10-17-36(29-40)37-23-21-31-11-4-6-15-34(31)27-37/h1-30H. The molecule has 0 aliphatic heterocycles. The van der Waals surface area contributed by atoms with Crippen LogP contribution in [0.5, 0.6) is 0 Å². The molecule has 0 spiro atoms. The minimum Gasteiger partial charge on any atom is -0.0622 e. The fraction of sp³-hybridized carbons (Fsp3) is 0. The average molecular weight is 583 g/mol. The summed E-state index contributed by atoms with van der Waals surface area (Å²) in [5, 5.41) is 10.1. The Kier molecular flexibility index (Phi) is 6.25. The second-order valence-electron chi connectivity index (χ2n) is 12.1. The fourth-order valence-corrected chi connectivity index (χ4v) is 7.17. The third kappa shape index (κ3) is 4.47. The summed E-state index contributed by atoms with van der Waals surface area (Å²) in [6.45, 7) is 0. The third-order valence-corrected chi connectivity index (χ3v) is 9.40. The van der Waals surface area contributed by atoms with Gasteiger partial charge in [-0.25, -0.2) is 0 Å². The Morgan fingerprint density at radius 2 is 0.652 bits per heavy atom. The van der Waals surface area contributed by atoms with Crippen molar-refractivity contribution in [1.29, 1.82) is 0 Å². The zero-order chi connectivity index (χ0) is 30.5. The van der Waals surface area contributed by atoms with Crippen LogP contribution in [0.15, 0.2) is 182 Å². The van der Waals surface area contributed by atoms with Gasteiger partial charge >= 0.3 is 0 Å². The van der Waals surface area contributed by atoms with Gasteiger partial charge in [0.15, 0.2) is 0 Å². The molecule has 0 bridgehead atoms. The highest BCUT2D eigenvalue weighted by molar-refractivity contribution is 6.22. The lowest BCUT2D eigenvalue weighted by Crippen LogP contribution is -1.93. The predicted octanol–water partition coefficient (Wildman–Crippen LogP) is 13.0. The summed E-state index contributed by atoms with van der Waals surface area (Å²) >= 11 is 0. The summed E-state index contributed by atoms with van der Waals surface area (Å²) in [5.74, 6) is 0. The number of rotatable bonds is 4. The Balaban J connectivity index is 1.33. The Labute approximate surface area is 268 Å². The Hall–Kier alpha value is -5.98. The van der Waals surface area contributed by atoms with Crippen LogP contribution in [0, 0.1) is 0 Å². The van der Waals surface area contributed by atoms with Crippen molar-refractivity contribution in [3.8, 4) is 44.5 Å². The van der Waals surface area contributed by atoms with Crippen molar-refractivity contribution in [2.24, 2.45) is 0 Å². The van der Waals surface area contributed by atoms with Crippen LogP contribution in [0.4, 0.5) is 0 Å². The molecule has 9 rings (SSSR count). The molecule has 0 N–H and O–H groups in total. The Morgan fingerprint density at radius 1 is 0.196 bits per heavy atom. The van der Waals surface area contributed by atoms with Gasteiger partial charge in [-0.1, -0.05) is 158 Å². The molecule has 0 heterocycles. The maximum Gasteiger partial charge on any atom is -0.00201 e. The molecule has 0 unspecified atom stereocenters. The predicted molar refractivity (Wildman–Crippen MR) is 198 cm³/mol. The van der Waals surface area contributed by atoms with E-state index in [0.717, 1.165) is 0 Å². The number of fused-ring (bicyclic) bond motifs is 5. The maximum atomic E-state index is 2.41. The number of hydrogen-bond donors (Lipinski definition) is 0. The molecule has 214 valence electrons. The highest BCUT2D eigenvalue weighted by Crippen LogP contribution is 2.46. The number of hydrogen-bond acceptors (Lipinski definition) is 0. The first-order chi connectivity index (χ1) is 22.8. The van der Waals surface area contributed by atoms with E-state index >= 15 is 0 Å². The van der Waals surface area contributed by atoms with E-state index in [1.807, 2.05) is 0 Å². The summed E-state index contributed by atoms with van der Waals surface area (Å²) in [7, 11) is 0. The molecule has 9 aromatic rings. The van der Waals surface area contributed by atoms with Gasteiger partial charge in [0.1, 0.15) is 0 Å². The summed E-state index contributed by atoms with van der Waals surface area (Å²) in [6.07, 6.45) is 0. The topological polar surface area (TPSA) is 0 Å². The van der Waals surface area contributed by atoms with Gasteiger partial charge < -0.3 is 0 Å². The molecule has 0 saturated carbocycles. The van der Waals surface area contributed by atoms with Crippen LogP contribution in [-0.2, 0) is 0 Å². The Bertz CT molecular complexity index is 2570. The van der Waals surface area contributed by atoms with E-state index in [2.05, 4.69) is 182 Å². The zero-order valence-corrected chi connectivity index (χ0v) is 25.3. The molecule has 0 aromatic heterocycles. The first-order valence-corrected chi connectivity index (χ1v) is 15.9. The van der Waals surface area contributed by atoms with Crippen molar-refractivity contribution in [1.82, 2.24) is 0 Å². The Morgan fingerprint density at radius 3 is 1.35 bits per heavy atom. The third-order valence-electron chi connectivity index (χ3n) is 9.40. The summed E-state index contributed by atoms with van der Waals surface area (Å²) in [6, 6.07) is 66.7. The monoisotopic (exact) mass is 582 g/mol. The van der Waals surface area contributed by atoms with Crippen molar-refractivity contribution >= 4 is 43.1 Å². The van der Waals surface area contributed by atoms with E-state index in [0.29, 0.717) is 0 Å². The van der Waals surface area contributed by atoms with E-state index < -0.39 is 0 Å². The van der Waals surface area contributed by atoms with E-state index in [1.165, 1.54) is 87.6 Å². The molecule has 0 radical (unpaired) electrons. The lowest BCUT2D eigenvalue weighted by molar-refractivity contribution is 1.61. The SMILES string of the molecule is c1ccc(-c2c(-c3cccc(-c4ccc5ccccc5c4)c3)c3ccccc3c3ccc(-c4ccc5ccccc5c4)cc23)cc1. The zero-order valence-electron chi connectivity index (χ0n) is 25.3. The van der Waals surface area contributed by atoms with Crippen molar-refractivity contribution < 1.29 is 0 Å². The highest BCUT2D eigenvalue weighted by Gasteiger charge is 2.19. The van der Waals surface area contributed by atoms with E-state index in [4.69, 9.17) is 0 Å². The molecule has 46 heavy (non-hydrogen) atoms. The molecular weight excluding hydrogens is 553 g/mol. The largest absolute Gasteiger partial charge is 0.0622 e. The van der Waals surface area contributed by atoms with Crippen LogP contribution in [0.3, 0.4) is 0 Å². The van der Waals surface area contributed by atoms with Crippen LogP contribution in [-0.4, -0.2) is 0 Å². The van der Waals surface area contributed by atoms with Gasteiger partial charge in [0.2, 0.25) is 0 Å². The normalized spacial score (nSPS) is 11.5. The maximum absolute atomic E-state index is 2.41. The minimum absolute atomic E-state index is 1.22. The average Bonchev–Trinajstić information content (AvgIpc) is 3.14. The first kappa shape index (κ1) is 26.4. The molecule has 0 heteroatoms. The first-order valence-electron chi connectivity index (χ1n) is 15.9. The van der Waals surface area contributed by atoms with Gasteiger partial charge in [-0.05, 0) is 112 Å². The van der Waals surface area contributed by atoms with Gasteiger partial charge in [0.05, 0.1) is 0 Å². The second-order valence-corrected chi connectivity index (χ2v) is 12.1. The summed E-state index contributed by atoms with van der Waals surface area (Å²) < 4.78 is 0.